The molecule has 1 aromatic heterocycles. The van der Waals surface area contributed by atoms with Gasteiger partial charge in [0.2, 0.25) is 0 Å². The van der Waals surface area contributed by atoms with E-state index in [2.05, 4.69) is 18.3 Å². The van der Waals surface area contributed by atoms with Crippen molar-refractivity contribution in [3.05, 3.63) is 46.6 Å². The number of hydrogen-bond donors (Lipinski definition) is 1. The second kappa shape index (κ2) is 6.12. The van der Waals surface area contributed by atoms with Crippen molar-refractivity contribution in [2.24, 2.45) is 0 Å². The van der Waals surface area contributed by atoms with E-state index < -0.39 is 0 Å². The lowest BCUT2D eigenvalue weighted by Crippen LogP contribution is -2.12. The molecule has 1 N–H and O–H groups in total. The van der Waals surface area contributed by atoms with Crippen LogP contribution in [0.3, 0.4) is 0 Å². The van der Waals surface area contributed by atoms with Crippen molar-refractivity contribution in [2.75, 3.05) is 6.54 Å². The van der Waals surface area contributed by atoms with Crippen molar-refractivity contribution in [2.45, 2.75) is 26.8 Å². The molecule has 1 aromatic carbocycles. The fraction of sp³-hybridized carbons (Fsp3) is 0.333. The van der Waals surface area contributed by atoms with E-state index in [9.17, 15) is 4.39 Å². The van der Waals surface area contributed by atoms with E-state index in [-0.39, 0.29) is 5.82 Å². The van der Waals surface area contributed by atoms with Crippen LogP contribution < -0.4 is 5.32 Å². The van der Waals surface area contributed by atoms with Gasteiger partial charge in [-0.25, -0.2) is 4.39 Å². The van der Waals surface area contributed by atoms with Crippen molar-refractivity contribution in [1.82, 2.24) is 5.32 Å². The van der Waals surface area contributed by atoms with Gasteiger partial charge in [-0.05, 0) is 37.6 Å². The maximum atomic E-state index is 14.0. The van der Waals surface area contributed by atoms with Gasteiger partial charge in [-0.15, -0.1) is 11.3 Å². The first kappa shape index (κ1) is 13.2. The number of hydrogen-bond acceptors (Lipinski definition) is 2. The Labute approximate surface area is 112 Å². The Hall–Kier alpha value is -1.19. The molecule has 0 aliphatic carbocycles. The lowest BCUT2D eigenvalue weighted by molar-refractivity contribution is 0.622. The Morgan fingerprint density at radius 3 is 2.83 bits per heavy atom. The fourth-order valence-corrected chi connectivity index (χ4v) is 2.84. The second-order valence-electron chi connectivity index (χ2n) is 4.38. The second-order valence-corrected chi connectivity index (χ2v) is 5.55. The molecule has 18 heavy (non-hydrogen) atoms. The zero-order valence-corrected chi connectivity index (χ0v) is 11.6. The molecule has 96 valence electrons. The summed E-state index contributed by atoms with van der Waals surface area (Å²) in [5.41, 5.74) is 1.41. The van der Waals surface area contributed by atoms with Crippen LogP contribution in [0.4, 0.5) is 4.39 Å². The van der Waals surface area contributed by atoms with Gasteiger partial charge >= 0.3 is 0 Å². The standard InChI is InChI=1S/C15H18FNS/c1-3-9-17-10-12-7-8-14(18-12)13-6-4-5-11(2)15(13)16/h4-8,17H,3,9-10H2,1-2H3. The number of halogens is 1. The van der Waals surface area contributed by atoms with E-state index in [0.29, 0.717) is 11.1 Å². The average Bonchev–Trinajstić information content (AvgIpc) is 2.82. The number of rotatable bonds is 5. The summed E-state index contributed by atoms with van der Waals surface area (Å²) in [6, 6.07) is 9.63. The van der Waals surface area contributed by atoms with Crippen LogP contribution in [0.25, 0.3) is 10.4 Å². The predicted molar refractivity (Wildman–Crippen MR) is 76.4 cm³/mol. The van der Waals surface area contributed by atoms with Gasteiger partial charge in [0.15, 0.2) is 0 Å². The van der Waals surface area contributed by atoms with Crippen LogP contribution in [-0.4, -0.2) is 6.54 Å². The SMILES string of the molecule is CCCNCc1ccc(-c2cccc(C)c2F)s1. The monoisotopic (exact) mass is 263 g/mol. The normalized spacial score (nSPS) is 10.8. The Morgan fingerprint density at radius 1 is 1.22 bits per heavy atom. The molecule has 1 nitrogen and oxygen atoms in total. The topological polar surface area (TPSA) is 12.0 Å². The molecule has 3 heteroatoms. The van der Waals surface area contributed by atoms with Gasteiger partial charge < -0.3 is 5.32 Å². The predicted octanol–water partition coefficient (Wildman–Crippen LogP) is 4.36. The summed E-state index contributed by atoms with van der Waals surface area (Å²) in [6.07, 6.45) is 1.13. The van der Waals surface area contributed by atoms with Crippen LogP contribution in [0.5, 0.6) is 0 Å². The van der Waals surface area contributed by atoms with E-state index in [4.69, 9.17) is 0 Å². The molecule has 0 unspecified atom stereocenters. The summed E-state index contributed by atoms with van der Waals surface area (Å²) >= 11 is 1.66. The Balaban J connectivity index is 2.16. The molecular formula is C15H18FNS. The van der Waals surface area contributed by atoms with Crippen LogP contribution in [0.15, 0.2) is 30.3 Å². The molecule has 0 saturated carbocycles. The van der Waals surface area contributed by atoms with Gasteiger partial charge in [0, 0.05) is 21.9 Å². The smallest absolute Gasteiger partial charge is 0.134 e. The Morgan fingerprint density at radius 2 is 2.06 bits per heavy atom. The average molecular weight is 263 g/mol. The van der Waals surface area contributed by atoms with Crippen molar-refractivity contribution in [3.8, 4) is 10.4 Å². The third-order valence-electron chi connectivity index (χ3n) is 2.84. The largest absolute Gasteiger partial charge is 0.312 e. The quantitative estimate of drug-likeness (QED) is 0.790. The van der Waals surface area contributed by atoms with E-state index in [1.807, 2.05) is 18.2 Å². The minimum atomic E-state index is -0.104. The van der Waals surface area contributed by atoms with Gasteiger partial charge in [-0.1, -0.05) is 25.1 Å². The van der Waals surface area contributed by atoms with Crippen molar-refractivity contribution in [3.63, 3.8) is 0 Å². The molecule has 0 bridgehead atoms. The van der Waals surface area contributed by atoms with Crippen molar-refractivity contribution < 1.29 is 4.39 Å². The molecule has 1 heterocycles. The highest BCUT2D eigenvalue weighted by Gasteiger charge is 2.09. The van der Waals surface area contributed by atoms with E-state index >= 15 is 0 Å². The Bertz CT molecular complexity index is 519. The van der Waals surface area contributed by atoms with Crippen LogP contribution in [-0.2, 0) is 6.54 Å². The van der Waals surface area contributed by atoms with Gasteiger partial charge in [-0.3, -0.25) is 0 Å². The number of thiophene rings is 1. The molecule has 0 fully saturated rings. The molecular weight excluding hydrogens is 245 g/mol. The number of nitrogens with one attached hydrogen (secondary N) is 1. The van der Waals surface area contributed by atoms with Gasteiger partial charge in [0.05, 0.1) is 0 Å². The third-order valence-corrected chi connectivity index (χ3v) is 3.96. The Kier molecular flexibility index (Phi) is 4.50. The van der Waals surface area contributed by atoms with Gasteiger partial charge in [0.1, 0.15) is 5.82 Å². The minimum Gasteiger partial charge on any atom is -0.312 e. The number of aryl methyl sites for hydroxylation is 1. The van der Waals surface area contributed by atoms with Gasteiger partial charge in [-0.2, -0.15) is 0 Å². The third kappa shape index (κ3) is 2.98. The maximum Gasteiger partial charge on any atom is 0.134 e. The summed E-state index contributed by atoms with van der Waals surface area (Å²) < 4.78 is 14.0. The number of benzene rings is 1. The molecule has 0 spiro atoms. The summed E-state index contributed by atoms with van der Waals surface area (Å²) in [4.78, 5) is 2.25. The first-order valence-electron chi connectivity index (χ1n) is 6.27. The molecule has 0 saturated heterocycles. The van der Waals surface area contributed by atoms with Crippen LogP contribution >= 0.6 is 11.3 Å². The molecule has 0 aliphatic rings. The highest BCUT2D eigenvalue weighted by atomic mass is 32.1. The van der Waals surface area contributed by atoms with Gasteiger partial charge in [0.25, 0.3) is 0 Å². The summed E-state index contributed by atoms with van der Waals surface area (Å²) in [5.74, 6) is -0.104. The van der Waals surface area contributed by atoms with Crippen LogP contribution in [0.2, 0.25) is 0 Å². The first-order chi connectivity index (χ1) is 8.72. The fourth-order valence-electron chi connectivity index (χ4n) is 1.84. The highest BCUT2D eigenvalue weighted by Crippen LogP contribution is 2.31. The summed E-state index contributed by atoms with van der Waals surface area (Å²) in [6.45, 7) is 5.84. The lowest BCUT2D eigenvalue weighted by Gasteiger charge is -2.03. The van der Waals surface area contributed by atoms with E-state index in [1.165, 1.54) is 4.88 Å². The molecule has 2 rings (SSSR count). The molecule has 0 amide bonds. The lowest BCUT2D eigenvalue weighted by atomic mass is 10.1. The minimum absolute atomic E-state index is 0.104. The highest BCUT2D eigenvalue weighted by molar-refractivity contribution is 7.15. The maximum absolute atomic E-state index is 14.0. The summed E-state index contributed by atoms with van der Waals surface area (Å²) in [7, 11) is 0. The molecule has 2 aromatic rings. The zero-order chi connectivity index (χ0) is 13.0. The first-order valence-corrected chi connectivity index (χ1v) is 7.09. The molecule has 0 aliphatic heterocycles. The van der Waals surface area contributed by atoms with E-state index in [0.717, 1.165) is 24.4 Å². The molecule has 0 radical (unpaired) electrons. The van der Waals surface area contributed by atoms with Crippen LogP contribution in [0, 0.1) is 12.7 Å². The summed E-state index contributed by atoms with van der Waals surface area (Å²) in [5, 5.41) is 3.36. The molecule has 0 atom stereocenters. The van der Waals surface area contributed by atoms with Crippen molar-refractivity contribution >= 4 is 11.3 Å². The zero-order valence-electron chi connectivity index (χ0n) is 10.8. The van der Waals surface area contributed by atoms with E-state index in [1.54, 1.807) is 24.3 Å². The van der Waals surface area contributed by atoms with Crippen LogP contribution in [0.1, 0.15) is 23.8 Å². The van der Waals surface area contributed by atoms with Crippen molar-refractivity contribution in [1.29, 1.82) is 0 Å².